The van der Waals surface area contributed by atoms with E-state index in [1.165, 1.54) is 166 Å². The monoisotopic (exact) mass is 1240 g/mol. The minimum absolute atomic E-state index is 1.26. The van der Waals surface area contributed by atoms with Gasteiger partial charge in [0.05, 0.1) is 0 Å². The van der Waals surface area contributed by atoms with Gasteiger partial charge in [0.15, 0.2) is 0 Å². The average Bonchev–Trinajstić information content (AvgIpc) is 0.819. The van der Waals surface area contributed by atoms with Crippen LogP contribution in [0, 0.1) is 69.2 Å². The number of hydrogen-bond acceptors (Lipinski definition) is 0. The molecule has 0 saturated carbocycles. The third-order valence-corrected chi connectivity index (χ3v) is 19.0. The SMILES string of the molecule is Cc1ccc2c(ccc(-c3ccccc3C)[n+]2C)c1.Cc1ccc2ccc(-c3ccccc3C)[n+](C)c2c1.Cc1ccccc1-c1c(C)cc2ccccc2[n+]1C.Cc1ccccc1-c1cc(C)c2ccccc2[n+]1C.Cc1ccccc1-c1ccc2c(C)cccc2[n+]1C. The predicted octanol–water partition coefficient (Wildman–Crippen LogP) is 19.7. The molecule has 0 aliphatic carbocycles. The van der Waals surface area contributed by atoms with Crippen molar-refractivity contribution in [2.75, 3.05) is 0 Å². The van der Waals surface area contributed by atoms with Crippen LogP contribution in [0.15, 0.2) is 273 Å². The Bertz CT molecular complexity index is 5250. The number of fused-ring (bicyclic) bond motifs is 5. The molecule has 15 rings (SSSR count). The highest BCUT2D eigenvalue weighted by atomic mass is 15.0. The van der Waals surface area contributed by atoms with Crippen LogP contribution in [0.2, 0.25) is 0 Å². The van der Waals surface area contributed by atoms with Crippen LogP contribution < -0.4 is 22.8 Å². The lowest BCUT2D eigenvalue weighted by Gasteiger charge is -2.09. The zero-order valence-electron chi connectivity index (χ0n) is 58.2. The summed E-state index contributed by atoms with van der Waals surface area (Å²) in [5, 5.41) is 6.51. The van der Waals surface area contributed by atoms with Crippen LogP contribution in [0.3, 0.4) is 0 Å². The van der Waals surface area contributed by atoms with Gasteiger partial charge < -0.3 is 0 Å². The summed E-state index contributed by atoms with van der Waals surface area (Å²) < 4.78 is 11.4. The summed E-state index contributed by atoms with van der Waals surface area (Å²) in [5.41, 5.74) is 32.4. The van der Waals surface area contributed by atoms with Crippen molar-refractivity contribution in [3.8, 4) is 56.3 Å². The first-order chi connectivity index (χ1) is 45.9. The molecule has 10 aromatic carbocycles. The van der Waals surface area contributed by atoms with Gasteiger partial charge >= 0.3 is 0 Å². The number of rotatable bonds is 5. The van der Waals surface area contributed by atoms with Crippen molar-refractivity contribution in [1.82, 2.24) is 0 Å². The Morgan fingerprint density at radius 2 is 0.547 bits per heavy atom. The van der Waals surface area contributed by atoms with E-state index in [-0.39, 0.29) is 0 Å². The molecule has 470 valence electrons. The molecule has 5 heteroatoms. The second-order valence-electron chi connectivity index (χ2n) is 25.6. The van der Waals surface area contributed by atoms with E-state index in [1.807, 2.05) is 0 Å². The van der Waals surface area contributed by atoms with Crippen LogP contribution in [0.5, 0.6) is 0 Å². The lowest BCUT2D eigenvalue weighted by atomic mass is 10.00. The summed E-state index contributed by atoms with van der Waals surface area (Å²) in [5.74, 6) is 0. The number of para-hydroxylation sites is 2. The fraction of sp³-hybridized carbons (Fsp3) is 0.167. The average molecular weight is 1240 g/mol. The van der Waals surface area contributed by atoms with Gasteiger partial charge in [-0.15, -0.1) is 0 Å². The molecule has 95 heavy (non-hydrogen) atoms. The van der Waals surface area contributed by atoms with E-state index < -0.39 is 0 Å². The van der Waals surface area contributed by atoms with Crippen molar-refractivity contribution >= 4 is 54.5 Å². The summed E-state index contributed by atoms with van der Waals surface area (Å²) in [6.45, 7) is 21.6. The number of aryl methyl sites for hydroxylation is 15. The number of benzene rings is 10. The second kappa shape index (κ2) is 29.0. The van der Waals surface area contributed by atoms with E-state index in [9.17, 15) is 0 Å². The Labute approximate surface area is 563 Å². The molecule has 5 nitrogen and oxygen atoms in total. The Hall–Kier alpha value is -10.8. The lowest BCUT2D eigenvalue weighted by molar-refractivity contribution is -0.634. The minimum Gasteiger partial charge on any atom is -0.194 e. The van der Waals surface area contributed by atoms with Gasteiger partial charge in [0.2, 0.25) is 56.1 Å². The highest BCUT2D eigenvalue weighted by molar-refractivity contribution is 5.84. The van der Waals surface area contributed by atoms with Crippen molar-refractivity contribution in [3.05, 3.63) is 329 Å². The number of aromatic nitrogens is 5. The zero-order chi connectivity index (χ0) is 67.0. The normalized spacial score (nSPS) is 10.9. The van der Waals surface area contributed by atoms with Crippen LogP contribution in [0.1, 0.15) is 55.6 Å². The van der Waals surface area contributed by atoms with Gasteiger partial charge in [0.25, 0.3) is 0 Å². The van der Waals surface area contributed by atoms with E-state index in [0.29, 0.717) is 0 Å². The van der Waals surface area contributed by atoms with Crippen LogP contribution in [0.4, 0.5) is 0 Å². The fourth-order valence-electron chi connectivity index (χ4n) is 13.6. The first kappa shape index (κ1) is 65.7. The second-order valence-corrected chi connectivity index (χ2v) is 25.6. The molecule has 0 aliphatic rings. The van der Waals surface area contributed by atoms with Crippen molar-refractivity contribution in [2.45, 2.75) is 69.2 Å². The van der Waals surface area contributed by atoms with Crippen LogP contribution in [0.25, 0.3) is 111 Å². The summed E-state index contributed by atoms with van der Waals surface area (Å²) in [4.78, 5) is 0. The highest BCUT2D eigenvalue weighted by Gasteiger charge is 2.22. The Kier molecular flexibility index (Phi) is 20.1. The molecular formula is C90H90N5+5. The van der Waals surface area contributed by atoms with E-state index >= 15 is 0 Å². The molecule has 0 unspecified atom stereocenters. The first-order valence-corrected chi connectivity index (χ1v) is 33.1. The topological polar surface area (TPSA) is 19.4 Å². The van der Waals surface area contributed by atoms with E-state index in [4.69, 9.17) is 0 Å². The van der Waals surface area contributed by atoms with Gasteiger partial charge in [-0.25, -0.2) is 0 Å². The summed E-state index contributed by atoms with van der Waals surface area (Å²) in [6, 6.07) is 97.4. The van der Waals surface area contributed by atoms with Gasteiger partial charge in [0, 0.05) is 115 Å². The smallest absolute Gasteiger partial charge is 0.194 e. The van der Waals surface area contributed by atoms with E-state index in [0.717, 1.165) is 0 Å². The molecule has 5 heterocycles. The van der Waals surface area contributed by atoms with Gasteiger partial charge in [-0.1, -0.05) is 145 Å². The maximum Gasteiger partial charge on any atom is 0.215 e. The van der Waals surface area contributed by atoms with Gasteiger partial charge in [-0.3, -0.25) is 0 Å². The highest BCUT2D eigenvalue weighted by Crippen LogP contribution is 2.30. The molecular weight excluding hydrogens is 1150 g/mol. The molecule has 0 bridgehead atoms. The minimum atomic E-state index is 1.26. The van der Waals surface area contributed by atoms with Crippen molar-refractivity contribution < 1.29 is 22.8 Å². The summed E-state index contributed by atoms with van der Waals surface area (Å²) in [6.07, 6.45) is 0. The molecule has 0 saturated heterocycles. The Balaban J connectivity index is 0.000000121. The third kappa shape index (κ3) is 14.1. The molecule has 0 N–H and O–H groups in total. The first-order valence-electron chi connectivity index (χ1n) is 33.1. The molecule has 0 radical (unpaired) electrons. The summed E-state index contributed by atoms with van der Waals surface area (Å²) >= 11 is 0. The molecule has 5 aromatic heterocycles. The number of pyridine rings is 5. The van der Waals surface area contributed by atoms with Crippen LogP contribution in [-0.4, -0.2) is 0 Å². The number of hydrogen-bond donors (Lipinski definition) is 0. The molecule has 0 amide bonds. The van der Waals surface area contributed by atoms with E-state index in [2.05, 4.69) is 400 Å². The molecule has 0 spiro atoms. The third-order valence-electron chi connectivity index (χ3n) is 19.0. The molecule has 0 aliphatic heterocycles. The Morgan fingerprint density at radius 1 is 0.189 bits per heavy atom. The maximum absolute atomic E-state index is 2.30. The number of nitrogens with zero attached hydrogens (tertiary/aromatic N) is 5. The van der Waals surface area contributed by atoms with Crippen molar-refractivity contribution in [3.63, 3.8) is 0 Å². The van der Waals surface area contributed by atoms with Crippen LogP contribution in [-0.2, 0) is 35.2 Å². The largest absolute Gasteiger partial charge is 0.215 e. The quantitative estimate of drug-likeness (QED) is 0.153. The van der Waals surface area contributed by atoms with Crippen LogP contribution >= 0.6 is 0 Å². The fourth-order valence-corrected chi connectivity index (χ4v) is 13.6. The van der Waals surface area contributed by atoms with Crippen molar-refractivity contribution in [1.29, 1.82) is 0 Å². The molecule has 15 aromatic rings. The van der Waals surface area contributed by atoms with Gasteiger partial charge in [-0.05, 0) is 193 Å². The van der Waals surface area contributed by atoms with E-state index in [1.54, 1.807) is 0 Å². The molecule has 0 fully saturated rings. The Morgan fingerprint density at radius 3 is 1.11 bits per heavy atom. The van der Waals surface area contributed by atoms with Gasteiger partial charge in [-0.2, -0.15) is 22.8 Å². The predicted molar refractivity (Wildman–Crippen MR) is 400 cm³/mol. The maximum atomic E-state index is 2.30. The van der Waals surface area contributed by atoms with Gasteiger partial charge in [0.1, 0.15) is 35.2 Å². The zero-order valence-corrected chi connectivity index (χ0v) is 58.2. The lowest BCUT2D eigenvalue weighted by Crippen LogP contribution is -2.33. The standard InChI is InChI=1S/5C18H18N/c1-13-8-4-6-10-16(13)18-14(2)12-15-9-5-7-11-17(15)19(18)3;1-13-8-4-5-9-15(13)18-12-14(2)16-10-6-7-11-17(16)19(18)3;1-13-7-4-5-9-15(13)18-12-11-16-14(2)8-6-10-17(16)19(18)3;1-13-8-10-17-15(12-13)9-11-18(19(17)3)16-7-5-4-6-14(16)2;1-13-8-9-15-10-11-17(19(3)18(15)12-13)16-7-5-4-6-14(16)2/h5*4-12H,1-3H3/q5*+1. The molecule has 0 atom stereocenters. The van der Waals surface area contributed by atoms with Crippen molar-refractivity contribution in [2.24, 2.45) is 35.2 Å². The summed E-state index contributed by atoms with van der Waals surface area (Å²) in [7, 11) is 10.7.